The molecule has 0 aliphatic carbocycles. The zero-order valence-electron chi connectivity index (χ0n) is 12.8. The van der Waals surface area contributed by atoms with E-state index in [1.165, 1.54) is 37.1 Å². The molecular weight excluding hydrogens is 262 g/mol. The van der Waals surface area contributed by atoms with Gasteiger partial charge in [-0.1, -0.05) is 6.07 Å². The number of hydrogen-bond acceptors (Lipinski definition) is 3. The Balaban J connectivity index is 1.46. The number of benzene rings is 1. The van der Waals surface area contributed by atoms with Crippen LogP contribution in [0.4, 0.5) is 0 Å². The fourth-order valence-corrected chi connectivity index (χ4v) is 3.28. The maximum Gasteiger partial charge on any atom is 0.251 e. The molecule has 0 aromatic heterocycles. The maximum absolute atomic E-state index is 12.2. The predicted octanol–water partition coefficient (Wildman–Crippen LogP) is 1.75. The molecule has 0 radical (unpaired) electrons. The molecule has 2 aliphatic rings. The van der Waals surface area contributed by atoms with Crippen molar-refractivity contribution in [2.75, 3.05) is 26.7 Å². The van der Waals surface area contributed by atoms with Gasteiger partial charge in [0, 0.05) is 25.2 Å². The van der Waals surface area contributed by atoms with E-state index in [-0.39, 0.29) is 5.91 Å². The van der Waals surface area contributed by atoms with Crippen LogP contribution in [0.2, 0.25) is 0 Å². The molecule has 1 fully saturated rings. The van der Waals surface area contributed by atoms with Gasteiger partial charge in [0.1, 0.15) is 0 Å². The molecule has 2 aliphatic heterocycles. The summed E-state index contributed by atoms with van der Waals surface area (Å²) in [5, 5.41) is 6.38. The molecule has 1 saturated heterocycles. The van der Waals surface area contributed by atoms with Gasteiger partial charge in [0.25, 0.3) is 5.91 Å². The predicted molar refractivity (Wildman–Crippen MR) is 84.2 cm³/mol. The molecule has 0 saturated carbocycles. The summed E-state index contributed by atoms with van der Waals surface area (Å²) in [6.07, 6.45) is 3.62. The van der Waals surface area contributed by atoms with Crippen molar-refractivity contribution in [3.8, 4) is 0 Å². The lowest BCUT2D eigenvalue weighted by molar-refractivity contribution is 0.0949. The first-order chi connectivity index (χ1) is 10.2. The molecule has 0 atom stereocenters. The number of likely N-dealkylation sites (tertiary alicyclic amines) is 1. The zero-order chi connectivity index (χ0) is 14.7. The Morgan fingerprint density at radius 2 is 2.05 bits per heavy atom. The lowest BCUT2D eigenvalue weighted by atomic mass is 9.94. The average molecular weight is 287 g/mol. The average Bonchev–Trinajstić information content (AvgIpc) is 2.96. The Morgan fingerprint density at radius 3 is 2.86 bits per heavy atom. The van der Waals surface area contributed by atoms with Crippen molar-refractivity contribution >= 4 is 5.91 Å². The highest BCUT2D eigenvalue weighted by Crippen LogP contribution is 2.19. The van der Waals surface area contributed by atoms with E-state index in [0.29, 0.717) is 0 Å². The van der Waals surface area contributed by atoms with Gasteiger partial charge in [-0.25, -0.2) is 0 Å². The smallest absolute Gasteiger partial charge is 0.251 e. The van der Waals surface area contributed by atoms with Crippen molar-refractivity contribution in [2.45, 2.75) is 32.4 Å². The van der Waals surface area contributed by atoms with Crippen LogP contribution in [0.15, 0.2) is 18.2 Å². The third-order valence-electron chi connectivity index (χ3n) is 4.78. The molecule has 2 N–H and O–H groups in total. The van der Waals surface area contributed by atoms with Crippen LogP contribution >= 0.6 is 0 Å². The van der Waals surface area contributed by atoms with Crippen LogP contribution in [0.25, 0.3) is 0 Å². The summed E-state index contributed by atoms with van der Waals surface area (Å²) in [6, 6.07) is 6.04. The molecule has 0 unspecified atom stereocenters. The Bertz CT molecular complexity index is 507. The lowest BCUT2D eigenvalue weighted by Gasteiger charge is -2.28. The first kappa shape index (κ1) is 14.5. The first-order valence-corrected chi connectivity index (χ1v) is 8.01. The Morgan fingerprint density at radius 1 is 1.29 bits per heavy atom. The van der Waals surface area contributed by atoms with Gasteiger partial charge < -0.3 is 15.5 Å². The second-order valence-electron chi connectivity index (χ2n) is 6.38. The molecule has 21 heavy (non-hydrogen) atoms. The van der Waals surface area contributed by atoms with E-state index in [0.717, 1.165) is 37.5 Å². The minimum absolute atomic E-state index is 0.0672. The summed E-state index contributed by atoms with van der Waals surface area (Å²) >= 11 is 0. The van der Waals surface area contributed by atoms with Crippen LogP contribution in [-0.2, 0) is 13.1 Å². The number of carbonyl (C=O) groups is 1. The zero-order valence-corrected chi connectivity index (χ0v) is 12.8. The Kier molecular flexibility index (Phi) is 4.56. The second-order valence-corrected chi connectivity index (χ2v) is 6.38. The summed E-state index contributed by atoms with van der Waals surface area (Å²) < 4.78 is 0. The minimum atomic E-state index is 0.0672. The molecule has 0 bridgehead atoms. The van der Waals surface area contributed by atoms with Crippen LogP contribution in [0.3, 0.4) is 0 Å². The van der Waals surface area contributed by atoms with Gasteiger partial charge in [0.2, 0.25) is 0 Å². The molecule has 2 heterocycles. The van der Waals surface area contributed by atoms with Gasteiger partial charge in [0.05, 0.1) is 0 Å². The number of fused-ring (bicyclic) bond motifs is 1. The van der Waals surface area contributed by atoms with Crippen LogP contribution in [-0.4, -0.2) is 37.5 Å². The Hall–Kier alpha value is -1.39. The largest absolute Gasteiger partial charge is 0.352 e. The fourth-order valence-electron chi connectivity index (χ4n) is 3.28. The number of amides is 1. The monoisotopic (exact) mass is 287 g/mol. The van der Waals surface area contributed by atoms with Crippen molar-refractivity contribution in [1.29, 1.82) is 0 Å². The molecule has 3 rings (SSSR count). The molecule has 1 aromatic carbocycles. The van der Waals surface area contributed by atoms with E-state index in [4.69, 9.17) is 0 Å². The van der Waals surface area contributed by atoms with Crippen molar-refractivity contribution in [3.05, 3.63) is 34.9 Å². The quantitative estimate of drug-likeness (QED) is 0.887. The van der Waals surface area contributed by atoms with Gasteiger partial charge in [-0.15, -0.1) is 0 Å². The number of rotatable bonds is 4. The van der Waals surface area contributed by atoms with Crippen molar-refractivity contribution < 1.29 is 4.79 Å². The maximum atomic E-state index is 12.2. The third kappa shape index (κ3) is 3.63. The number of piperidine rings is 1. The van der Waals surface area contributed by atoms with Gasteiger partial charge in [-0.05, 0) is 68.6 Å². The molecular formula is C17H25N3O. The topological polar surface area (TPSA) is 44.4 Å². The summed E-state index contributed by atoms with van der Waals surface area (Å²) in [5.74, 6) is 0.836. The van der Waals surface area contributed by atoms with Gasteiger partial charge in [0.15, 0.2) is 0 Å². The first-order valence-electron chi connectivity index (χ1n) is 8.01. The van der Waals surface area contributed by atoms with E-state index < -0.39 is 0 Å². The molecule has 4 heteroatoms. The van der Waals surface area contributed by atoms with Crippen LogP contribution in [0.1, 0.15) is 40.7 Å². The third-order valence-corrected chi connectivity index (χ3v) is 4.78. The van der Waals surface area contributed by atoms with Gasteiger partial charge in [-0.2, -0.15) is 0 Å². The summed E-state index contributed by atoms with van der Waals surface area (Å²) in [4.78, 5) is 14.6. The molecule has 114 valence electrons. The van der Waals surface area contributed by atoms with Crippen LogP contribution < -0.4 is 10.6 Å². The van der Waals surface area contributed by atoms with Crippen molar-refractivity contribution in [3.63, 3.8) is 0 Å². The standard InChI is InChI=1S/C17H25N3O/c1-20-8-5-13(6-9-20)4-7-19-17(21)14-2-3-15-11-18-12-16(15)10-14/h2-3,10,13,18H,4-9,11-12H2,1H3,(H,19,21). The van der Waals surface area contributed by atoms with Crippen molar-refractivity contribution in [1.82, 2.24) is 15.5 Å². The molecule has 4 nitrogen and oxygen atoms in total. The fraction of sp³-hybridized carbons (Fsp3) is 0.588. The van der Waals surface area contributed by atoms with E-state index in [9.17, 15) is 4.79 Å². The lowest BCUT2D eigenvalue weighted by Crippen LogP contribution is -2.32. The highest BCUT2D eigenvalue weighted by molar-refractivity contribution is 5.94. The van der Waals surface area contributed by atoms with E-state index in [2.05, 4.69) is 28.6 Å². The number of nitrogens with zero attached hydrogens (tertiary/aromatic N) is 1. The number of nitrogens with one attached hydrogen (secondary N) is 2. The number of hydrogen-bond donors (Lipinski definition) is 2. The molecule has 1 amide bonds. The SMILES string of the molecule is CN1CCC(CCNC(=O)c2ccc3c(c2)CNC3)CC1. The second kappa shape index (κ2) is 6.58. The van der Waals surface area contributed by atoms with E-state index in [1.54, 1.807) is 0 Å². The normalized spacial score (nSPS) is 19.5. The summed E-state index contributed by atoms with van der Waals surface area (Å²) in [6.45, 7) is 4.98. The minimum Gasteiger partial charge on any atom is -0.352 e. The van der Waals surface area contributed by atoms with Crippen molar-refractivity contribution in [2.24, 2.45) is 5.92 Å². The van der Waals surface area contributed by atoms with Gasteiger partial charge >= 0.3 is 0 Å². The van der Waals surface area contributed by atoms with Crippen LogP contribution in [0, 0.1) is 5.92 Å². The van der Waals surface area contributed by atoms with E-state index >= 15 is 0 Å². The highest BCUT2D eigenvalue weighted by Gasteiger charge is 2.17. The summed E-state index contributed by atoms with van der Waals surface area (Å²) in [5.41, 5.74) is 3.37. The van der Waals surface area contributed by atoms with Gasteiger partial charge in [-0.3, -0.25) is 4.79 Å². The molecule has 1 aromatic rings. The summed E-state index contributed by atoms with van der Waals surface area (Å²) in [7, 11) is 2.18. The molecule has 0 spiro atoms. The van der Waals surface area contributed by atoms with Crippen LogP contribution in [0.5, 0.6) is 0 Å². The van der Waals surface area contributed by atoms with E-state index in [1.807, 2.05) is 12.1 Å². The highest BCUT2D eigenvalue weighted by atomic mass is 16.1. The number of carbonyl (C=O) groups excluding carboxylic acids is 1. The Labute approximate surface area is 126 Å².